The lowest BCUT2D eigenvalue weighted by Gasteiger charge is -2.14. The fraction of sp³-hybridized carbons (Fsp3) is 0.455. The average Bonchev–Trinajstić information content (AvgIpc) is 2.18. The molecule has 2 nitrogen and oxygen atoms in total. The monoisotopic (exact) mass is 258 g/mol. The van der Waals surface area contributed by atoms with Gasteiger partial charge in [-0.3, -0.25) is 0 Å². The van der Waals surface area contributed by atoms with E-state index in [-0.39, 0.29) is 0 Å². The second kappa shape index (κ2) is 5.49. The summed E-state index contributed by atoms with van der Waals surface area (Å²) < 4.78 is 6.20. The third-order valence-electron chi connectivity index (χ3n) is 2.15. The van der Waals surface area contributed by atoms with E-state index in [1.807, 2.05) is 32.0 Å². The van der Waals surface area contributed by atoms with Gasteiger partial charge in [0.1, 0.15) is 6.10 Å². The molecule has 78 valence electrons. The van der Waals surface area contributed by atoms with Crippen LogP contribution in [0.3, 0.4) is 0 Å². The number of ether oxygens (including phenoxy) is 1. The van der Waals surface area contributed by atoms with Gasteiger partial charge in [-0.05, 0) is 31.0 Å². The van der Waals surface area contributed by atoms with Gasteiger partial charge in [0, 0.05) is 11.1 Å². The number of hydrogen-bond donors (Lipinski definition) is 1. The van der Waals surface area contributed by atoms with E-state index in [0.717, 1.165) is 15.6 Å². The molecule has 0 radical (unpaired) electrons. The third kappa shape index (κ3) is 2.80. The zero-order valence-electron chi connectivity index (χ0n) is 8.46. The zero-order valence-corrected chi connectivity index (χ0v) is 10.0. The molecule has 1 N–H and O–H groups in total. The minimum Gasteiger partial charge on any atom is -0.386 e. The quantitative estimate of drug-likeness (QED) is 0.900. The zero-order chi connectivity index (χ0) is 10.6. The van der Waals surface area contributed by atoms with Crippen molar-refractivity contribution in [1.82, 2.24) is 0 Å². The van der Waals surface area contributed by atoms with Gasteiger partial charge in [0.2, 0.25) is 0 Å². The van der Waals surface area contributed by atoms with Crippen LogP contribution in [0.4, 0.5) is 0 Å². The summed E-state index contributed by atoms with van der Waals surface area (Å²) in [5.74, 6) is 0. The summed E-state index contributed by atoms with van der Waals surface area (Å²) in [5, 5.41) is 9.81. The molecule has 0 aliphatic rings. The van der Waals surface area contributed by atoms with E-state index in [1.54, 1.807) is 0 Å². The summed E-state index contributed by atoms with van der Waals surface area (Å²) in [7, 11) is 0. The van der Waals surface area contributed by atoms with Crippen molar-refractivity contribution in [2.24, 2.45) is 0 Å². The number of hydrogen-bond acceptors (Lipinski definition) is 2. The molecule has 0 bridgehead atoms. The fourth-order valence-electron chi connectivity index (χ4n) is 1.30. The van der Waals surface area contributed by atoms with Crippen LogP contribution in [0.15, 0.2) is 22.7 Å². The van der Waals surface area contributed by atoms with E-state index >= 15 is 0 Å². The van der Waals surface area contributed by atoms with Gasteiger partial charge in [-0.1, -0.05) is 28.1 Å². The Morgan fingerprint density at radius 1 is 1.50 bits per heavy atom. The highest BCUT2D eigenvalue weighted by atomic mass is 79.9. The van der Waals surface area contributed by atoms with Gasteiger partial charge in [0.25, 0.3) is 0 Å². The van der Waals surface area contributed by atoms with Gasteiger partial charge in [-0.15, -0.1) is 0 Å². The first-order chi connectivity index (χ1) is 6.66. The van der Waals surface area contributed by atoms with Crippen LogP contribution in [-0.2, 0) is 4.74 Å². The molecule has 0 aliphatic carbocycles. The Bertz CT molecular complexity index is 299. The molecule has 1 unspecified atom stereocenters. The summed E-state index contributed by atoms with van der Waals surface area (Å²) in [5.41, 5.74) is 1.99. The molecule has 0 heterocycles. The van der Waals surface area contributed by atoms with E-state index in [1.165, 1.54) is 0 Å². The van der Waals surface area contributed by atoms with Gasteiger partial charge in [0.05, 0.1) is 6.61 Å². The van der Waals surface area contributed by atoms with Gasteiger partial charge in [-0.2, -0.15) is 0 Å². The Labute approximate surface area is 93.0 Å². The minimum atomic E-state index is -0.535. The molecule has 0 fully saturated rings. The van der Waals surface area contributed by atoms with E-state index in [0.29, 0.717) is 13.2 Å². The number of halogens is 1. The average molecular weight is 259 g/mol. The SMILES string of the molecule is CCOCC(O)c1cccc(Br)c1C. The maximum Gasteiger partial charge on any atom is 0.103 e. The molecule has 0 amide bonds. The highest BCUT2D eigenvalue weighted by molar-refractivity contribution is 9.10. The van der Waals surface area contributed by atoms with Gasteiger partial charge in [-0.25, -0.2) is 0 Å². The molecule has 1 rings (SSSR count). The highest BCUT2D eigenvalue weighted by Gasteiger charge is 2.11. The van der Waals surface area contributed by atoms with Crippen LogP contribution in [-0.4, -0.2) is 18.3 Å². The van der Waals surface area contributed by atoms with Crippen LogP contribution in [0.5, 0.6) is 0 Å². The van der Waals surface area contributed by atoms with Crippen molar-refractivity contribution in [2.45, 2.75) is 20.0 Å². The van der Waals surface area contributed by atoms with Crippen LogP contribution >= 0.6 is 15.9 Å². The van der Waals surface area contributed by atoms with Crippen molar-refractivity contribution in [1.29, 1.82) is 0 Å². The Morgan fingerprint density at radius 2 is 2.21 bits per heavy atom. The molecule has 1 atom stereocenters. The molecule has 0 spiro atoms. The summed E-state index contributed by atoms with van der Waals surface area (Å²) in [6, 6.07) is 5.80. The minimum absolute atomic E-state index is 0.355. The van der Waals surface area contributed by atoms with Crippen molar-refractivity contribution < 1.29 is 9.84 Å². The largest absolute Gasteiger partial charge is 0.386 e. The maximum atomic E-state index is 9.81. The molecule has 0 saturated carbocycles. The van der Waals surface area contributed by atoms with Crippen LogP contribution < -0.4 is 0 Å². The first-order valence-electron chi connectivity index (χ1n) is 4.67. The number of aliphatic hydroxyl groups excluding tert-OH is 1. The second-order valence-corrected chi connectivity index (χ2v) is 3.98. The topological polar surface area (TPSA) is 29.5 Å². The van der Waals surface area contributed by atoms with E-state index in [9.17, 15) is 5.11 Å². The lowest BCUT2D eigenvalue weighted by Crippen LogP contribution is -2.08. The van der Waals surface area contributed by atoms with Crippen LogP contribution in [0.1, 0.15) is 24.2 Å². The molecule has 0 saturated heterocycles. The van der Waals surface area contributed by atoms with Crippen LogP contribution in [0, 0.1) is 6.92 Å². The van der Waals surface area contributed by atoms with Crippen molar-refractivity contribution >= 4 is 15.9 Å². The normalized spacial score (nSPS) is 12.9. The molecule has 1 aromatic carbocycles. The first-order valence-corrected chi connectivity index (χ1v) is 5.47. The lowest BCUT2D eigenvalue weighted by atomic mass is 10.0. The summed E-state index contributed by atoms with van der Waals surface area (Å²) >= 11 is 3.43. The molecule has 0 aromatic heterocycles. The Morgan fingerprint density at radius 3 is 2.86 bits per heavy atom. The van der Waals surface area contributed by atoms with E-state index in [4.69, 9.17) is 4.74 Å². The summed E-state index contributed by atoms with van der Waals surface area (Å²) in [6.45, 7) is 4.88. The predicted octanol–water partition coefficient (Wildman–Crippen LogP) is 2.83. The maximum absolute atomic E-state index is 9.81. The lowest BCUT2D eigenvalue weighted by molar-refractivity contribution is 0.0417. The molecule has 14 heavy (non-hydrogen) atoms. The highest BCUT2D eigenvalue weighted by Crippen LogP contribution is 2.24. The Hall–Kier alpha value is -0.380. The van der Waals surface area contributed by atoms with Crippen molar-refractivity contribution in [3.05, 3.63) is 33.8 Å². The van der Waals surface area contributed by atoms with Crippen molar-refractivity contribution in [2.75, 3.05) is 13.2 Å². The standard InChI is InChI=1S/C11H15BrO2/c1-3-14-7-11(13)9-5-4-6-10(12)8(9)2/h4-6,11,13H,3,7H2,1-2H3. The predicted molar refractivity (Wildman–Crippen MR) is 60.3 cm³/mol. The summed E-state index contributed by atoms with van der Waals surface area (Å²) in [6.07, 6.45) is -0.535. The molecule has 3 heteroatoms. The number of rotatable bonds is 4. The molecule has 1 aromatic rings. The third-order valence-corrected chi connectivity index (χ3v) is 3.01. The van der Waals surface area contributed by atoms with E-state index < -0.39 is 6.10 Å². The Balaban J connectivity index is 2.79. The molecular weight excluding hydrogens is 244 g/mol. The second-order valence-electron chi connectivity index (χ2n) is 3.13. The van der Waals surface area contributed by atoms with Gasteiger partial charge < -0.3 is 9.84 Å². The molecular formula is C11H15BrO2. The fourth-order valence-corrected chi connectivity index (χ4v) is 1.69. The van der Waals surface area contributed by atoms with Crippen LogP contribution in [0.2, 0.25) is 0 Å². The van der Waals surface area contributed by atoms with Crippen molar-refractivity contribution in [3.63, 3.8) is 0 Å². The van der Waals surface area contributed by atoms with E-state index in [2.05, 4.69) is 15.9 Å². The molecule has 0 aliphatic heterocycles. The first kappa shape index (κ1) is 11.7. The summed E-state index contributed by atoms with van der Waals surface area (Å²) in [4.78, 5) is 0. The van der Waals surface area contributed by atoms with Gasteiger partial charge >= 0.3 is 0 Å². The van der Waals surface area contributed by atoms with Crippen LogP contribution in [0.25, 0.3) is 0 Å². The van der Waals surface area contributed by atoms with Gasteiger partial charge in [0.15, 0.2) is 0 Å². The van der Waals surface area contributed by atoms with Crippen molar-refractivity contribution in [3.8, 4) is 0 Å². The number of aliphatic hydroxyl groups is 1. The smallest absolute Gasteiger partial charge is 0.103 e. The number of benzene rings is 1. The Kier molecular flexibility index (Phi) is 4.58.